The quantitative estimate of drug-likeness (QED) is 0.851. The molecule has 1 saturated heterocycles. The molecule has 0 spiro atoms. The highest BCUT2D eigenvalue weighted by molar-refractivity contribution is 5.42. The lowest BCUT2D eigenvalue weighted by Crippen LogP contribution is -2.43. The minimum Gasteiger partial charge on any atom is -0.478 e. The van der Waals surface area contributed by atoms with E-state index in [9.17, 15) is 0 Å². The summed E-state index contributed by atoms with van der Waals surface area (Å²) in [5, 5.41) is 0. The Morgan fingerprint density at radius 1 is 1.53 bits per heavy atom. The smallest absolute Gasteiger partial charge is 0.218 e. The highest BCUT2D eigenvalue weighted by Gasteiger charge is 2.18. The van der Waals surface area contributed by atoms with Crippen LogP contribution in [0.5, 0.6) is 5.88 Å². The van der Waals surface area contributed by atoms with E-state index in [4.69, 9.17) is 10.5 Å². The lowest BCUT2D eigenvalue weighted by Gasteiger charge is -2.31. The molecule has 1 aromatic rings. The van der Waals surface area contributed by atoms with Gasteiger partial charge in [-0.05, 0) is 26.7 Å². The maximum Gasteiger partial charge on any atom is 0.218 e. The van der Waals surface area contributed by atoms with E-state index >= 15 is 0 Å². The number of rotatable bonds is 3. The zero-order valence-corrected chi connectivity index (χ0v) is 10.5. The Kier molecular flexibility index (Phi) is 3.78. The van der Waals surface area contributed by atoms with E-state index in [-0.39, 0.29) is 6.04 Å². The van der Waals surface area contributed by atoms with Crippen molar-refractivity contribution in [3.8, 4) is 5.88 Å². The minimum absolute atomic E-state index is 0.245. The van der Waals surface area contributed by atoms with Crippen molar-refractivity contribution in [3.05, 3.63) is 11.9 Å². The van der Waals surface area contributed by atoms with Crippen LogP contribution in [0.25, 0.3) is 0 Å². The highest BCUT2D eigenvalue weighted by Crippen LogP contribution is 2.21. The molecule has 0 aromatic carbocycles. The first-order valence-electron chi connectivity index (χ1n) is 6.18. The van der Waals surface area contributed by atoms with Crippen LogP contribution >= 0.6 is 0 Å². The number of nitrogens with zero attached hydrogens (tertiary/aromatic N) is 3. The number of hydrogen-bond acceptors (Lipinski definition) is 5. The summed E-state index contributed by atoms with van der Waals surface area (Å²) < 4.78 is 5.44. The molecule has 0 aliphatic carbocycles. The molecule has 2 rings (SSSR count). The fourth-order valence-electron chi connectivity index (χ4n) is 2.13. The summed E-state index contributed by atoms with van der Waals surface area (Å²) in [6.07, 6.45) is 2.22. The number of piperidine rings is 1. The molecule has 1 aromatic heterocycles. The van der Waals surface area contributed by atoms with Crippen molar-refractivity contribution in [1.29, 1.82) is 0 Å². The summed E-state index contributed by atoms with van der Waals surface area (Å²) in [5.41, 5.74) is 5.98. The van der Waals surface area contributed by atoms with Crippen molar-refractivity contribution in [2.45, 2.75) is 32.7 Å². The molecule has 1 fully saturated rings. The van der Waals surface area contributed by atoms with E-state index in [1.807, 2.05) is 19.9 Å². The molecule has 1 aliphatic rings. The summed E-state index contributed by atoms with van der Waals surface area (Å²) in [7, 11) is 0. The van der Waals surface area contributed by atoms with E-state index in [1.54, 1.807) is 0 Å². The van der Waals surface area contributed by atoms with Crippen molar-refractivity contribution < 1.29 is 4.74 Å². The Morgan fingerprint density at radius 2 is 2.35 bits per heavy atom. The topological polar surface area (TPSA) is 64.3 Å². The van der Waals surface area contributed by atoms with Crippen LogP contribution in [0.3, 0.4) is 0 Å². The van der Waals surface area contributed by atoms with Gasteiger partial charge in [0.05, 0.1) is 6.61 Å². The molecule has 2 heterocycles. The second-order valence-corrected chi connectivity index (χ2v) is 4.39. The molecular formula is C12H20N4O. The van der Waals surface area contributed by atoms with Crippen molar-refractivity contribution in [1.82, 2.24) is 9.97 Å². The second kappa shape index (κ2) is 5.31. The summed E-state index contributed by atoms with van der Waals surface area (Å²) >= 11 is 0. The predicted octanol–water partition coefficient (Wildman–Crippen LogP) is 1.11. The molecule has 0 unspecified atom stereocenters. The van der Waals surface area contributed by atoms with Crippen LogP contribution in [0.4, 0.5) is 5.82 Å². The van der Waals surface area contributed by atoms with Gasteiger partial charge in [-0.15, -0.1) is 0 Å². The number of aryl methyl sites for hydroxylation is 1. The first-order chi connectivity index (χ1) is 8.19. The molecule has 94 valence electrons. The van der Waals surface area contributed by atoms with E-state index in [0.717, 1.165) is 37.6 Å². The minimum atomic E-state index is 0.245. The Balaban J connectivity index is 2.18. The van der Waals surface area contributed by atoms with Gasteiger partial charge in [0.2, 0.25) is 5.88 Å². The monoisotopic (exact) mass is 236 g/mol. The molecule has 0 saturated carbocycles. The molecule has 0 radical (unpaired) electrons. The maximum absolute atomic E-state index is 5.98. The van der Waals surface area contributed by atoms with Crippen LogP contribution < -0.4 is 15.4 Å². The van der Waals surface area contributed by atoms with Gasteiger partial charge >= 0.3 is 0 Å². The molecule has 5 heteroatoms. The Labute approximate surface area is 102 Å². The molecule has 1 atom stereocenters. The van der Waals surface area contributed by atoms with Gasteiger partial charge in [0.25, 0.3) is 0 Å². The Morgan fingerprint density at radius 3 is 3.06 bits per heavy atom. The van der Waals surface area contributed by atoms with Gasteiger partial charge in [-0.25, -0.2) is 4.98 Å². The number of hydrogen-bond donors (Lipinski definition) is 1. The van der Waals surface area contributed by atoms with Crippen molar-refractivity contribution >= 4 is 5.82 Å². The standard InChI is InChI=1S/C12H20N4O/c1-3-17-12-7-11(14-9(2)15-12)16-6-4-5-10(13)8-16/h7,10H,3-6,8,13H2,1-2H3/t10-/m1/s1. The number of anilines is 1. The average Bonchev–Trinajstić information content (AvgIpc) is 2.28. The molecule has 0 bridgehead atoms. The van der Waals surface area contributed by atoms with Gasteiger partial charge in [0, 0.05) is 25.2 Å². The second-order valence-electron chi connectivity index (χ2n) is 4.39. The van der Waals surface area contributed by atoms with Crippen molar-refractivity contribution in [2.75, 3.05) is 24.6 Å². The van der Waals surface area contributed by atoms with Crippen LogP contribution in [-0.2, 0) is 0 Å². The van der Waals surface area contributed by atoms with Gasteiger partial charge in [-0.2, -0.15) is 4.98 Å². The SMILES string of the molecule is CCOc1cc(N2CCC[C@@H](N)C2)nc(C)n1. The van der Waals surface area contributed by atoms with Crippen LogP contribution in [0, 0.1) is 6.92 Å². The Bertz CT molecular complexity index is 383. The van der Waals surface area contributed by atoms with E-state index < -0.39 is 0 Å². The third-order valence-electron chi connectivity index (χ3n) is 2.87. The summed E-state index contributed by atoms with van der Waals surface area (Å²) in [5.74, 6) is 2.32. The fraction of sp³-hybridized carbons (Fsp3) is 0.667. The van der Waals surface area contributed by atoms with E-state index in [0.29, 0.717) is 12.5 Å². The largest absolute Gasteiger partial charge is 0.478 e. The van der Waals surface area contributed by atoms with Gasteiger partial charge in [0.15, 0.2) is 0 Å². The van der Waals surface area contributed by atoms with E-state index in [2.05, 4.69) is 14.9 Å². The molecular weight excluding hydrogens is 216 g/mol. The fourth-order valence-corrected chi connectivity index (χ4v) is 2.13. The lowest BCUT2D eigenvalue weighted by molar-refractivity contribution is 0.325. The molecule has 5 nitrogen and oxygen atoms in total. The zero-order valence-electron chi connectivity index (χ0n) is 10.5. The zero-order chi connectivity index (χ0) is 12.3. The van der Waals surface area contributed by atoms with Crippen LogP contribution in [-0.4, -0.2) is 35.7 Å². The molecule has 17 heavy (non-hydrogen) atoms. The first kappa shape index (κ1) is 12.1. The number of nitrogens with two attached hydrogens (primary N) is 1. The summed E-state index contributed by atoms with van der Waals surface area (Å²) in [6.45, 7) is 6.33. The van der Waals surface area contributed by atoms with Gasteiger partial charge < -0.3 is 15.4 Å². The van der Waals surface area contributed by atoms with Gasteiger partial charge in [-0.3, -0.25) is 0 Å². The number of ether oxygens (including phenoxy) is 1. The summed E-state index contributed by atoms with van der Waals surface area (Å²) in [4.78, 5) is 10.9. The van der Waals surface area contributed by atoms with E-state index in [1.165, 1.54) is 0 Å². The third-order valence-corrected chi connectivity index (χ3v) is 2.87. The van der Waals surface area contributed by atoms with Crippen molar-refractivity contribution in [2.24, 2.45) is 5.73 Å². The van der Waals surface area contributed by atoms with Crippen molar-refractivity contribution in [3.63, 3.8) is 0 Å². The summed E-state index contributed by atoms with van der Waals surface area (Å²) in [6, 6.07) is 2.14. The molecule has 1 aliphatic heterocycles. The van der Waals surface area contributed by atoms with Crippen LogP contribution in [0.2, 0.25) is 0 Å². The molecule has 0 amide bonds. The van der Waals surface area contributed by atoms with Crippen LogP contribution in [0.15, 0.2) is 6.07 Å². The van der Waals surface area contributed by atoms with Gasteiger partial charge in [0.1, 0.15) is 11.6 Å². The maximum atomic E-state index is 5.98. The Hall–Kier alpha value is -1.36. The van der Waals surface area contributed by atoms with Gasteiger partial charge in [-0.1, -0.05) is 0 Å². The molecule has 2 N–H and O–H groups in total. The highest BCUT2D eigenvalue weighted by atomic mass is 16.5. The van der Waals surface area contributed by atoms with Crippen LogP contribution in [0.1, 0.15) is 25.6 Å². The third kappa shape index (κ3) is 3.06. The first-order valence-corrected chi connectivity index (χ1v) is 6.18. The normalized spacial score (nSPS) is 20.4. The average molecular weight is 236 g/mol. The predicted molar refractivity (Wildman–Crippen MR) is 67.4 cm³/mol. The number of aromatic nitrogens is 2. The lowest BCUT2D eigenvalue weighted by atomic mass is 10.1.